The summed E-state index contributed by atoms with van der Waals surface area (Å²) in [6.45, 7) is 5.96. The zero-order valence-electron chi connectivity index (χ0n) is 5.88. The number of carbonyl (C=O) groups is 1. The Bertz CT molecular complexity index is 96.7. The standard InChI is InChI=1S/C4H5O2.La.Li.O.Zr/c1-3(2)4(5)6;;;;/h1H,2H3,(H,5,6);;;;/q-1;;+1;;/p-1. The Morgan fingerprint density at radius 2 is 1.60 bits per heavy atom. The van der Waals surface area contributed by atoms with Crippen LogP contribution in [0.15, 0.2) is 5.57 Å². The molecule has 0 spiro atoms. The van der Waals surface area contributed by atoms with Crippen molar-refractivity contribution in [1.29, 1.82) is 0 Å². The van der Waals surface area contributed by atoms with Crippen molar-refractivity contribution in [3.8, 4) is 0 Å². The fourth-order valence-corrected chi connectivity index (χ4v) is 0. The van der Waals surface area contributed by atoms with Crippen LogP contribution in [0.3, 0.4) is 0 Å². The van der Waals surface area contributed by atoms with Crippen LogP contribution in [0.4, 0.5) is 0 Å². The minimum absolute atomic E-state index is 0. The van der Waals surface area contributed by atoms with Crippen molar-refractivity contribution in [2.75, 3.05) is 0 Å². The van der Waals surface area contributed by atoms with E-state index in [4.69, 9.17) is 2.81 Å². The monoisotopic (exact) mass is 336 g/mol. The van der Waals surface area contributed by atoms with Gasteiger partial charge in [0.25, 0.3) is 0 Å². The van der Waals surface area contributed by atoms with Crippen molar-refractivity contribution >= 4 is 5.97 Å². The summed E-state index contributed by atoms with van der Waals surface area (Å²) in [5.41, 5.74) is -0.185. The third-order valence-electron chi connectivity index (χ3n) is 0.322. The first kappa shape index (κ1) is 22.6. The second-order valence-corrected chi connectivity index (χ2v) is 0.970. The summed E-state index contributed by atoms with van der Waals surface area (Å²) < 4.78 is 8.34. The molecule has 0 saturated heterocycles. The van der Waals surface area contributed by atoms with Crippen molar-refractivity contribution in [2.45, 2.75) is 6.92 Å². The number of aliphatic carboxylic acids is 1. The average molecular weight is 337 g/mol. The number of carbonyl (C=O) groups excluding carboxylic acids is 1. The van der Waals surface area contributed by atoms with E-state index in [2.05, 4.69) is 6.58 Å². The predicted octanol–water partition coefficient (Wildman–Crippen LogP) is -4.00. The zero-order valence-corrected chi connectivity index (χ0v) is 12.0. The number of hydrogen-bond acceptors (Lipinski definition) is 3. The van der Waals surface area contributed by atoms with Crippen LogP contribution in [0.25, 0.3) is 0 Å². The molecule has 0 aliphatic heterocycles. The van der Waals surface area contributed by atoms with Crippen molar-refractivity contribution in [2.24, 2.45) is 0 Å². The molecule has 6 heteroatoms. The molecule has 3 nitrogen and oxygen atoms in total. The third-order valence-corrected chi connectivity index (χ3v) is 0.322. The summed E-state index contributed by atoms with van der Waals surface area (Å²) in [5.74, 6) is -1.30. The number of rotatable bonds is 1. The van der Waals surface area contributed by atoms with E-state index in [1.165, 1.54) is 6.92 Å². The van der Waals surface area contributed by atoms with E-state index in [9.17, 15) is 9.90 Å². The summed E-state index contributed by atoms with van der Waals surface area (Å²) in [7, 11) is 0. The quantitative estimate of drug-likeness (QED) is 0.278. The van der Waals surface area contributed by atoms with Gasteiger partial charge in [0.2, 0.25) is 0 Å². The zero-order chi connectivity index (χ0) is 7.15. The van der Waals surface area contributed by atoms with E-state index in [-0.39, 0.29) is 60.0 Å². The second-order valence-electron chi connectivity index (χ2n) is 0.970. The van der Waals surface area contributed by atoms with Gasteiger partial charge in [-0.1, -0.05) is 6.92 Å². The Kier molecular flexibility index (Phi) is 38.3. The molecule has 0 aromatic heterocycles. The summed E-state index contributed by atoms with van der Waals surface area (Å²) in [4.78, 5) is 9.43. The van der Waals surface area contributed by atoms with Gasteiger partial charge < -0.3 is 9.90 Å². The first-order valence-corrected chi connectivity index (χ1v) is 2.65. The molecule has 0 unspecified atom stereocenters. The molecule has 0 amide bonds. The van der Waals surface area contributed by atoms with E-state index in [0.717, 1.165) is 0 Å². The fraction of sp³-hybridized carbons (Fsp3) is 0.250. The molecule has 0 rings (SSSR count). The SMILES string of the molecule is [CH-]=C(C)C(=O)[O-].[La].[Li+].[O]=[Zr]. The Hall–Kier alpha value is 1.69. The van der Waals surface area contributed by atoms with E-state index < -0.39 is 5.97 Å². The van der Waals surface area contributed by atoms with Crippen LogP contribution in [-0.4, -0.2) is 5.97 Å². The summed E-state index contributed by atoms with van der Waals surface area (Å²) in [6.07, 6.45) is 0. The molecular weight excluding hydrogens is 333 g/mol. The molecule has 0 heterocycles. The van der Waals surface area contributed by atoms with Crippen LogP contribution in [-0.2, 0) is 32.3 Å². The van der Waals surface area contributed by atoms with E-state index in [0.29, 0.717) is 24.7 Å². The fourth-order valence-electron chi connectivity index (χ4n) is 0. The number of carboxylic acids is 1. The molecule has 0 atom stereocenters. The summed E-state index contributed by atoms with van der Waals surface area (Å²) in [6, 6.07) is 0. The van der Waals surface area contributed by atoms with Gasteiger partial charge in [-0.2, -0.15) is 0 Å². The second kappa shape index (κ2) is 17.0. The van der Waals surface area contributed by atoms with Gasteiger partial charge in [-0.25, -0.2) is 5.57 Å². The summed E-state index contributed by atoms with van der Waals surface area (Å²) >= 11 is 0.300. The van der Waals surface area contributed by atoms with E-state index >= 15 is 0 Å². The average Bonchev–Trinajstić information content (AvgIpc) is 1.72. The molecule has 0 fully saturated rings. The molecule has 0 aliphatic rings. The molecule has 0 bridgehead atoms. The maximum atomic E-state index is 9.43. The first-order valence-electron chi connectivity index (χ1n) is 1.65. The molecule has 0 aromatic carbocycles. The van der Waals surface area contributed by atoms with Gasteiger partial charge in [0, 0.05) is 35.6 Å². The number of hydrogen-bond donors (Lipinski definition) is 0. The molecular formula is C4H4LaLiO3Zr-. The van der Waals surface area contributed by atoms with Crippen LogP contribution in [0.5, 0.6) is 0 Å². The van der Waals surface area contributed by atoms with Crippen molar-refractivity contribution in [3.05, 3.63) is 12.2 Å². The maximum absolute atomic E-state index is 9.43. The third kappa shape index (κ3) is 22.6. The van der Waals surface area contributed by atoms with Gasteiger partial charge in [0.15, 0.2) is 0 Å². The molecule has 0 aromatic rings. The molecule has 10 heavy (non-hydrogen) atoms. The Labute approximate surface area is 115 Å². The topological polar surface area (TPSA) is 57.2 Å². The van der Waals surface area contributed by atoms with E-state index in [1.807, 2.05) is 0 Å². The van der Waals surface area contributed by atoms with Crippen LogP contribution in [0.2, 0.25) is 0 Å². The molecule has 0 N–H and O–H groups in total. The van der Waals surface area contributed by atoms with Crippen LogP contribution < -0.4 is 24.0 Å². The van der Waals surface area contributed by atoms with Gasteiger partial charge in [-0.15, -0.1) is 5.97 Å². The van der Waals surface area contributed by atoms with Gasteiger partial charge in [0.05, 0.1) is 0 Å². The Balaban J connectivity index is -0.0000000412. The summed E-state index contributed by atoms with van der Waals surface area (Å²) in [5, 5.41) is 9.43. The van der Waals surface area contributed by atoms with E-state index in [1.54, 1.807) is 0 Å². The molecule has 47 valence electrons. The Morgan fingerprint density at radius 1 is 1.50 bits per heavy atom. The minimum atomic E-state index is -1.30. The van der Waals surface area contributed by atoms with Gasteiger partial charge in [0.1, 0.15) is 0 Å². The number of carboxylic acid groups (broad SMARTS) is 1. The Morgan fingerprint density at radius 3 is 1.60 bits per heavy atom. The van der Waals surface area contributed by atoms with Crippen molar-refractivity contribution in [3.63, 3.8) is 0 Å². The van der Waals surface area contributed by atoms with Gasteiger partial charge in [-0.05, 0) is 0 Å². The van der Waals surface area contributed by atoms with Crippen molar-refractivity contribution in [1.82, 2.24) is 0 Å². The first-order chi connectivity index (χ1) is 3.64. The van der Waals surface area contributed by atoms with Gasteiger partial charge >= 0.3 is 46.4 Å². The normalized spacial score (nSPS) is 4.80. The van der Waals surface area contributed by atoms with Crippen LogP contribution >= 0.6 is 0 Å². The molecule has 0 aliphatic carbocycles. The van der Waals surface area contributed by atoms with Crippen molar-refractivity contribution < 1.29 is 91.9 Å². The molecule has 0 saturated carbocycles. The molecule has 1 radical (unpaired) electrons. The van der Waals surface area contributed by atoms with Crippen LogP contribution in [0.1, 0.15) is 6.92 Å². The van der Waals surface area contributed by atoms with Crippen LogP contribution in [0, 0.1) is 42.2 Å². The predicted molar refractivity (Wildman–Crippen MR) is 19.2 cm³/mol. The van der Waals surface area contributed by atoms with Gasteiger partial charge in [-0.3, -0.25) is 6.58 Å².